The molecule has 0 spiro atoms. The van der Waals surface area contributed by atoms with Gasteiger partial charge < -0.3 is 20.7 Å². The summed E-state index contributed by atoms with van der Waals surface area (Å²) in [5, 5.41) is 3.26. The number of carbonyl (C=O) groups excluding carboxylic acids is 2. The molecule has 0 saturated carbocycles. The number of hydrogen-bond acceptors (Lipinski definition) is 4. The molecule has 25 heavy (non-hydrogen) atoms. The third-order valence-corrected chi connectivity index (χ3v) is 4.29. The van der Waals surface area contributed by atoms with Gasteiger partial charge in [-0.15, -0.1) is 24.0 Å². The Morgan fingerprint density at radius 2 is 2.12 bits per heavy atom. The van der Waals surface area contributed by atoms with Gasteiger partial charge in [-0.25, -0.2) is 0 Å². The Balaban J connectivity index is 0.00000312. The van der Waals surface area contributed by atoms with Crippen molar-refractivity contribution in [2.45, 2.75) is 13.5 Å². The average molecular weight is 460 g/mol. The number of hydrogen-bond donors (Lipinski definition) is 2. The van der Waals surface area contributed by atoms with E-state index in [0.29, 0.717) is 18.7 Å². The number of guanidine groups is 1. The molecule has 2 rings (SSSR count). The highest BCUT2D eigenvalue weighted by Crippen LogP contribution is 2.24. The fourth-order valence-corrected chi connectivity index (χ4v) is 2.95. The van der Waals surface area contributed by atoms with Gasteiger partial charge in [-0.1, -0.05) is 19.1 Å². The number of halogens is 1. The molecule has 2 unspecified atom stereocenters. The number of nitrogens with two attached hydrogens (primary N) is 1. The molecular formula is C17H25IN4O3. The number of ether oxygens (including phenoxy) is 1. The number of methoxy groups -OCH3 is 1. The van der Waals surface area contributed by atoms with Crippen LogP contribution in [0.1, 0.15) is 22.8 Å². The van der Waals surface area contributed by atoms with Crippen molar-refractivity contribution in [1.82, 2.24) is 10.2 Å². The highest BCUT2D eigenvalue weighted by atomic mass is 127. The monoisotopic (exact) mass is 460 g/mol. The molecule has 7 nitrogen and oxygen atoms in total. The first-order chi connectivity index (χ1) is 11.5. The zero-order valence-corrected chi connectivity index (χ0v) is 17.0. The molecule has 8 heteroatoms. The Labute approximate surface area is 165 Å². The minimum atomic E-state index is -0.449. The number of rotatable bonds is 4. The van der Waals surface area contributed by atoms with Crippen molar-refractivity contribution < 1.29 is 14.3 Å². The number of nitrogens with zero attached hydrogens (tertiary/aromatic N) is 2. The Hall–Kier alpha value is -1.84. The lowest BCUT2D eigenvalue weighted by Crippen LogP contribution is -2.40. The molecule has 1 aliphatic heterocycles. The quantitative estimate of drug-likeness (QED) is 0.305. The molecule has 0 radical (unpaired) electrons. The average Bonchev–Trinajstić information content (AvgIpc) is 2.96. The van der Waals surface area contributed by atoms with E-state index in [-0.39, 0.29) is 41.8 Å². The molecule has 1 aromatic rings. The minimum Gasteiger partial charge on any atom is -0.469 e. The van der Waals surface area contributed by atoms with Crippen molar-refractivity contribution in [2.75, 3.05) is 27.2 Å². The summed E-state index contributed by atoms with van der Waals surface area (Å²) >= 11 is 0. The van der Waals surface area contributed by atoms with Gasteiger partial charge in [0.1, 0.15) is 0 Å². The molecule has 2 atom stereocenters. The number of nitrogens with one attached hydrogen (secondary N) is 1. The van der Waals surface area contributed by atoms with Crippen molar-refractivity contribution in [1.29, 1.82) is 0 Å². The van der Waals surface area contributed by atoms with E-state index in [9.17, 15) is 9.59 Å². The molecule has 1 saturated heterocycles. The summed E-state index contributed by atoms with van der Waals surface area (Å²) < 4.78 is 4.86. The van der Waals surface area contributed by atoms with Crippen LogP contribution in [0.4, 0.5) is 0 Å². The first-order valence-electron chi connectivity index (χ1n) is 7.88. The van der Waals surface area contributed by atoms with Gasteiger partial charge in [0, 0.05) is 32.2 Å². The van der Waals surface area contributed by atoms with Crippen molar-refractivity contribution in [2.24, 2.45) is 22.6 Å². The minimum absolute atomic E-state index is 0. The van der Waals surface area contributed by atoms with Gasteiger partial charge >= 0.3 is 5.97 Å². The van der Waals surface area contributed by atoms with Gasteiger partial charge in [0.15, 0.2) is 5.96 Å². The largest absolute Gasteiger partial charge is 0.469 e. The van der Waals surface area contributed by atoms with Gasteiger partial charge in [-0.05, 0) is 23.6 Å². The Bertz CT molecular complexity index is 651. The van der Waals surface area contributed by atoms with Crippen molar-refractivity contribution in [3.63, 3.8) is 0 Å². The van der Waals surface area contributed by atoms with Crippen LogP contribution < -0.4 is 11.1 Å². The van der Waals surface area contributed by atoms with Crippen LogP contribution in [-0.4, -0.2) is 50.0 Å². The topological polar surface area (TPSA) is 97.0 Å². The van der Waals surface area contributed by atoms with Crippen molar-refractivity contribution in [3.05, 3.63) is 35.4 Å². The number of amides is 1. The van der Waals surface area contributed by atoms with E-state index in [0.717, 1.165) is 18.1 Å². The maximum absolute atomic E-state index is 11.8. The summed E-state index contributed by atoms with van der Waals surface area (Å²) in [6.07, 6.45) is 0. The molecule has 1 aliphatic rings. The van der Waals surface area contributed by atoms with Crippen LogP contribution in [0.5, 0.6) is 0 Å². The molecule has 1 aromatic carbocycles. The fraction of sp³-hybridized carbons (Fsp3) is 0.471. The summed E-state index contributed by atoms with van der Waals surface area (Å²) in [7, 11) is 3.12. The second-order valence-corrected chi connectivity index (χ2v) is 5.98. The second kappa shape index (κ2) is 9.59. The third kappa shape index (κ3) is 5.32. The predicted octanol–water partition coefficient (Wildman–Crippen LogP) is 1.22. The molecule has 0 bridgehead atoms. The second-order valence-electron chi connectivity index (χ2n) is 5.98. The van der Waals surface area contributed by atoms with Gasteiger partial charge in [-0.3, -0.25) is 14.6 Å². The van der Waals surface area contributed by atoms with Crippen molar-refractivity contribution >= 4 is 41.8 Å². The van der Waals surface area contributed by atoms with E-state index in [1.54, 1.807) is 25.2 Å². The van der Waals surface area contributed by atoms with Crippen LogP contribution in [0.25, 0.3) is 0 Å². The third-order valence-electron chi connectivity index (χ3n) is 4.29. The Kier molecular flexibility index (Phi) is 8.14. The molecule has 138 valence electrons. The Morgan fingerprint density at radius 3 is 2.72 bits per heavy atom. The number of likely N-dealkylation sites (tertiary alicyclic amines) is 1. The predicted molar refractivity (Wildman–Crippen MR) is 107 cm³/mol. The first kappa shape index (κ1) is 21.2. The fourth-order valence-electron chi connectivity index (χ4n) is 2.95. The molecule has 1 amide bonds. The van der Waals surface area contributed by atoms with E-state index in [1.165, 1.54) is 7.11 Å². The first-order valence-corrected chi connectivity index (χ1v) is 7.88. The Morgan fingerprint density at radius 1 is 1.40 bits per heavy atom. The van der Waals surface area contributed by atoms with Gasteiger partial charge in [-0.2, -0.15) is 0 Å². The molecular weight excluding hydrogens is 435 g/mol. The van der Waals surface area contributed by atoms with Crippen LogP contribution in [0.2, 0.25) is 0 Å². The van der Waals surface area contributed by atoms with Crippen LogP contribution in [-0.2, 0) is 16.1 Å². The van der Waals surface area contributed by atoms with Crippen LogP contribution >= 0.6 is 24.0 Å². The summed E-state index contributed by atoms with van der Waals surface area (Å²) in [5.74, 6) is 0.142. The van der Waals surface area contributed by atoms with Gasteiger partial charge in [0.2, 0.25) is 5.91 Å². The lowest BCUT2D eigenvalue weighted by atomic mass is 9.99. The van der Waals surface area contributed by atoms with Crippen LogP contribution in [0, 0.1) is 11.8 Å². The lowest BCUT2D eigenvalue weighted by Gasteiger charge is -2.21. The summed E-state index contributed by atoms with van der Waals surface area (Å²) in [4.78, 5) is 29.4. The molecule has 1 heterocycles. The maximum Gasteiger partial charge on any atom is 0.310 e. The molecule has 1 fully saturated rings. The smallest absolute Gasteiger partial charge is 0.310 e. The number of primary amides is 1. The number of esters is 1. The molecule has 0 aromatic heterocycles. The summed E-state index contributed by atoms with van der Waals surface area (Å²) in [5.41, 5.74) is 6.71. The van der Waals surface area contributed by atoms with E-state index >= 15 is 0 Å². The van der Waals surface area contributed by atoms with E-state index in [4.69, 9.17) is 10.5 Å². The van der Waals surface area contributed by atoms with Crippen LogP contribution in [0.15, 0.2) is 29.3 Å². The normalized spacial score (nSPS) is 20.0. The van der Waals surface area contributed by atoms with E-state index in [1.807, 2.05) is 17.9 Å². The molecule has 3 N–H and O–H groups in total. The zero-order valence-electron chi connectivity index (χ0n) is 14.7. The molecule has 0 aliphatic carbocycles. The van der Waals surface area contributed by atoms with E-state index in [2.05, 4.69) is 10.3 Å². The maximum atomic E-state index is 11.8. The SMILES string of the molecule is CN=C(NCc1cccc(C(N)=O)c1)N1CC(C)C(C(=O)OC)C1.I. The van der Waals surface area contributed by atoms with Gasteiger partial charge in [0.25, 0.3) is 0 Å². The summed E-state index contributed by atoms with van der Waals surface area (Å²) in [6, 6.07) is 7.15. The number of aliphatic imine (C=N–C) groups is 1. The van der Waals surface area contributed by atoms with Crippen LogP contribution in [0.3, 0.4) is 0 Å². The standard InChI is InChI=1S/C17H24N4O3.HI/c1-11-9-21(10-14(11)16(23)24-3)17(19-2)20-8-12-5-4-6-13(7-12)15(18)22;/h4-7,11,14H,8-10H2,1-3H3,(H2,18,22)(H,19,20);1H. The highest BCUT2D eigenvalue weighted by Gasteiger charge is 2.36. The van der Waals surface area contributed by atoms with E-state index < -0.39 is 5.91 Å². The zero-order chi connectivity index (χ0) is 17.7. The number of benzene rings is 1. The number of carbonyl (C=O) groups is 2. The lowest BCUT2D eigenvalue weighted by molar-refractivity contribution is -0.145. The van der Waals surface area contributed by atoms with Crippen molar-refractivity contribution in [3.8, 4) is 0 Å². The highest BCUT2D eigenvalue weighted by molar-refractivity contribution is 14.0. The van der Waals surface area contributed by atoms with Gasteiger partial charge in [0.05, 0.1) is 13.0 Å². The summed E-state index contributed by atoms with van der Waals surface area (Å²) in [6.45, 7) is 3.86.